The predicted molar refractivity (Wildman–Crippen MR) is 82.9 cm³/mol. The van der Waals surface area contributed by atoms with E-state index in [9.17, 15) is 5.11 Å². The zero-order valence-corrected chi connectivity index (χ0v) is 12.3. The van der Waals surface area contributed by atoms with Gasteiger partial charge in [0.25, 0.3) is 0 Å². The van der Waals surface area contributed by atoms with E-state index in [1.54, 1.807) is 0 Å². The number of benzene rings is 2. The molecule has 0 saturated heterocycles. The van der Waals surface area contributed by atoms with Gasteiger partial charge in [0, 0.05) is 16.9 Å². The van der Waals surface area contributed by atoms with Crippen molar-refractivity contribution in [2.75, 3.05) is 6.61 Å². The van der Waals surface area contributed by atoms with Crippen LogP contribution in [0.1, 0.15) is 36.0 Å². The van der Waals surface area contributed by atoms with Crippen LogP contribution in [0.25, 0.3) is 0 Å². The Labute approximate surface area is 125 Å². The van der Waals surface area contributed by atoms with Gasteiger partial charge < -0.3 is 9.84 Å². The first-order valence-corrected chi connectivity index (χ1v) is 7.68. The minimum atomic E-state index is 0.260. The van der Waals surface area contributed by atoms with E-state index in [0.29, 0.717) is 11.7 Å². The van der Waals surface area contributed by atoms with Gasteiger partial charge in [-0.3, -0.25) is 0 Å². The first-order chi connectivity index (χ1) is 10.2. The quantitative estimate of drug-likeness (QED) is 0.918. The molecule has 2 aromatic rings. The molecule has 2 atom stereocenters. The highest BCUT2D eigenvalue weighted by Gasteiger charge is 2.56. The van der Waals surface area contributed by atoms with Crippen LogP contribution in [0.2, 0.25) is 0 Å². The largest absolute Gasteiger partial charge is 0.508 e. The molecule has 0 spiro atoms. The summed E-state index contributed by atoms with van der Waals surface area (Å²) in [6, 6.07) is 14.5. The minimum Gasteiger partial charge on any atom is -0.508 e. The van der Waals surface area contributed by atoms with Crippen LogP contribution in [0, 0.1) is 5.41 Å². The Bertz CT molecular complexity index is 677. The molecule has 1 aliphatic carbocycles. The van der Waals surface area contributed by atoms with Crippen molar-refractivity contribution in [3.05, 3.63) is 59.2 Å². The molecule has 1 aliphatic heterocycles. The zero-order chi connectivity index (χ0) is 14.4. The monoisotopic (exact) mass is 280 g/mol. The van der Waals surface area contributed by atoms with Gasteiger partial charge >= 0.3 is 0 Å². The van der Waals surface area contributed by atoms with Crippen LogP contribution in [-0.4, -0.2) is 11.7 Å². The molecule has 0 bridgehead atoms. The average Bonchev–Trinajstić information content (AvgIpc) is 3.18. The number of hydrogen-bond donors (Lipinski definition) is 1. The summed E-state index contributed by atoms with van der Waals surface area (Å²) in [4.78, 5) is 0. The maximum absolute atomic E-state index is 10.4. The molecule has 2 aliphatic rings. The summed E-state index contributed by atoms with van der Waals surface area (Å²) < 4.78 is 5.89. The fraction of sp³-hybridized carbons (Fsp3) is 0.368. The first kappa shape index (κ1) is 12.8. The number of hydrogen-bond acceptors (Lipinski definition) is 2. The molecule has 1 heterocycles. The highest BCUT2D eigenvalue weighted by atomic mass is 16.5. The van der Waals surface area contributed by atoms with Crippen molar-refractivity contribution in [3.63, 3.8) is 0 Å². The van der Waals surface area contributed by atoms with Crippen LogP contribution in [0.4, 0.5) is 0 Å². The van der Waals surface area contributed by atoms with Crippen molar-refractivity contribution in [1.82, 2.24) is 0 Å². The second-order valence-corrected chi connectivity index (χ2v) is 6.71. The van der Waals surface area contributed by atoms with Gasteiger partial charge in [-0.25, -0.2) is 0 Å². The van der Waals surface area contributed by atoms with E-state index in [1.807, 2.05) is 12.1 Å². The van der Waals surface area contributed by atoms with Crippen LogP contribution in [0.3, 0.4) is 0 Å². The van der Waals surface area contributed by atoms with Crippen molar-refractivity contribution in [1.29, 1.82) is 0 Å². The number of aryl methyl sites for hydroxylation is 2. The van der Waals surface area contributed by atoms with E-state index >= 15 is 0 Å². The van der Waals surface area contributed by atoms with Crippen molar-refractivity contribution < 1.29 is 9.84 Å². The lowest BCUT2D eigenvalue weighted by atomic mass is 9.94. The third-order valence-corrected chi connectivity index (χ3v) is 4.98. The molecular weight excluding hydrogens is 260 g/mol. The zero-order valence-electron chi connectivity index (χ0n) is 12.3. The molecule has 0 aromatic heterocycles. The Hall–Kier alpha value is -1.96. The van der Waals surface area contributed by atoms with Crippen molar-refractivity contribution in [2.45, 2.75) is 32.1 Å². The summed E-state index contributed by atoms with van der Waals surface area (Å²) >= 11 is 0. The lowest BCUT2D eigenvalue weighted by molar-refractivity contribution is 0.220. The Kier molecular flexibility index (Phi) is 2.75. The van der Waals surface area contributed by atoms with E-state index in [1.165, 1.54) is 5.56 Å². The normalized spacial score (nSPS) is 25.7. The maximum atomic E-state index is 10.4. The molecule has 21 heavy (non-hydrogen) atoms. The Balaban J connectivity index is 1.57. The van der Waals surface area contributed by atoms with E-state index in [-0.39, 0.29) is 5.41 Å². The van der Waals surface area contributed by atoms with Gasteiger partial charge in [-0.1, -0.05) is 37.3 Å². The molecule has 2 aromatic carbocycles. The van der Waals surface area contributed by atoms with E-state index < -0.39 is 0 Å². The first-order valence-electron chi connectivity index (χ1n) is 7.68. The Morgan fingerprint density at radius 2 is 1.90 bits per heavy atom. The van der Waals surface area contributed by atoms with Gasteiger partial charge in [0.1, 0.15) is 11.5 Å². The fourth-order valence-electron chi connectivity index (χ4n) is 3.47. The van der Waals surface area contributed by atoms with Gasteiger partial charge in [-0.15, -0.1) is 0 Å². The predicted octanol–water partition coefficient (Wildman–Crippen LogP) is 4.06. The van der Waals surface area contributed by atoms with Crippen molar-refractivity contribution >= 4 is 0 Å². The highest BCUT2D eigenvalue weighted by Crippen LogP contribution is 2.65. The molecule has 108 valence electrons. The smallest absolute Gasteiger partial charge is 0.126 e. The van der Waals surface area contributed by atoms with Gasteiger partial charge in [0.2, 0.25) is 0 Å². The van der Waals surface area contributed by atoms with E-state index in [0.717, 1.165) is 42.7 Å². The summed E-state index contributed by atoms with van der Waals surface area (Å²) in [5.74, 6) is 1.81. The topological polar surface area (TPSA) is 29.5 Å². The van der Waals surface area contributed by atoms with Crippen molar-refractivity contribution in [3.8, 4) is 11.5 Å². The summed E-state index contributed by atoms with van der Waals surface area (Å²) in [5.41, 5.74) is 3.77. The molecule has 1 saturated carbocycles. The molecule has 1 fully saturated rings. The van der Waals surface area contributed by atoms with Gasteiger partial charge in [-0.2, -0.15) is 0 Å². The number of ether oxygens (including phenoxy) is 1. The maximum Gasteiger partial charge on any atom is 0.126 e. The van der Waals surface area contributed by atoms with E-state index in [4.69, 9.17) is 4.74 Å². The minimum absolute atomic E-state index is 0.260. The van der Waals surface area contributed by atoms with Crippen LogP contribution >= 0.6 is 0 Å². The summed E-state index contributed by atoms with van der Waals surface area (Å²) in [6.45, 7) is 3.02. The molecule has 0 radical (unpaired) electrons. The molecule has 2 heteroatoms. The molecule has 4 rings (SSSR count). The van der Waals surface area contributed by atoms with Gasteiger partial charge in [-0.05, 0) is 42.5 Å². The molecule has 0 amide bonds. The van der Waals surface area contributed by atoms with Crippen LogP contribution < -0.4 is 4.74 Å². The lowest BCUT2D eigenvalue weighted by Gasteiger charge is -2.23. The Morgan fingerprint density at radius 3 is 2.71 bits per heavy atom. The van der Waals surface area contributed by atoms with Gasteiger partial charge in [0.05, 0.1) is 6.61 Å². The second-order valence-electron chi connectivity index (χ2n) is 6.71. The van der Waals surface area contributed by atoms with Crippen molar-refractivity contribution in [2.24, 2.45) is 5.41 Å². The lowest BCUT2D eigenvalue weighted by Crippen LogP contribution is -2.17. The summed E-state index contributed by atoms with van der Waals surface area (Å²) in [5, 5.41) is 10.4. The third-order valence-electron chi connectivity index (χ3n) is 4.98. The standard InChI is InChI=1S/C19H20O2/c1-19-11-15(19)18-16(20)9-14(10-17(18)21-12-19)8-7-13-5-3-2-4-6-13/h2-6,9-10,15,20H,7-8,11-12H2,1H3/t15-,19+/m1/s1. The highest BCUT2D eigenvalue weighted by molar-refractivity contribution is 5.54. The fourth-order valence-corrected chi connectivity index (χ4v) is 3.47. The van der Waals surface area contributed by atoms with Crippen LogP contribution in [-0.2, 0) is 12.8 Å². The number of phenolic OH excluding ortho intramolecular Hbond substituents is 1. The van der Waals surface area contributed by atoms with Crippen LogP contribution in [0.5, 0.6) is 11.5 Å². The van der Waals surface area contributed by atoms with E-state index in [2.05, 4.69) is 37.3 Å². The number of rotatable bonds is 3. The van der Waals surface area contributed by atoms with Crippen LogP contribution in [0.15, 0.2) is 42.5 Å². The Morgan fingerprint density at radius 1 is 1.14 bits per heavy atom. The molecular formula is C19H20O2. The third kappa shape index (κ3) is 2.19. The number of fused-ring (bicyclic) bond motifs is 3. The molecule has 1 N–H and O–H groups in total. The molecule has 0 unspecified atom stereocenters. The summed E-state index contributed by atoms with van der Waals surface area (Å²) in [7, 11) is 0. The molecule has 2 nitrogen and oxygen atoms in total. The average molecular weight is 280 g/mol. The SMILES string of the molecule is C[C@]12COc3cc(CCc4ccccc4)cc(O)c3[C@H]1C2. The second kappa shape index (κ2) is 4.52. The summed E-state index contributed by atoms with van der Waals surface area (Å²) in [6.07, 6.45) is 3.05. The number of aromatic hydroxyl groups is 1. The number of phenols is 1. The van der Waals surface area contributed by atoms with Gasteiger partial charge in [0.15, 0.2) is 0 Å².